The van der Waals surface area contributed by atoms with Gasteiger partial charge in [-0.3, -0.25) is 0 Å². The van der Waals surface area contributed by atoms with Gasteiger partial charge in [0.1, 0.15) is 11.5 Å². The first kappa shape index (κ1) is 43.8. The lowest BCUT2D eigenvalue weighted by Gasteiger charge is -2.41. The Hall–Kier alpha value is -8.20. The van der Waals surface area contributed by atoms with E-state index in [0.717, 1.165) is 39.7 Å². The van der Waals surface area contributed by atoms with Gasteiger partial charge in [0, 0.05) is 28.2 Å². The van der Waals surface area contributed by atoms with Crippen molar-refractivity contribution < 1.29 is 4.74 Å². The van der Waals surface area contributed by atoms with Gasteiger partial charge in [0.25, 0.3) is 0 Å². The summed E-state index contributed by atoms with van der Waals surface area (Å²) in [5, 5.41) is 0. The van der Waals surface area contributed by atoms with Gasteiger partial charge in [-0.05, 0) is 137 Å². The molecule has 72 heavy (non-hydrogen) atoms. The van der Waals surface area contributed by atoms with Crippen molar-refractivity contribution in [1.29, 1.82) is 0 Å². The second-order valence-electron chi connectivity index (χ2n) is 22.1. The molecule has 1 spiro atoms. The third-order valence-electron chi connectivity index (χ3n) is 15.9. The van der Waals surface area contributed by atoms with Gasteiger partial charge in [-0.2, -0.15) is 0 Å². The van der Waals surface area contributed by atoms with Gasteiger partial charge in [-0.25, -0.2) is 0 Å². The SMILES string of the molecule is CC(C)(C)c1ccc2c(c1)C1(c3ccccc3Oc3ccc(N(c4ccc(-c5ccccc5)cc4)c4ccc5c(c4)C(c4ccccc4)(c4ccccc4)c4ccccc4-5)cc31)c1cc(C(C)(C)C)ccc1-2. The molecule has 2 nitrogen and oxygen atoms in total. The quantitative estimate of drug-likeness (QED) is 0.165. The lowest BCUT2D eigenvalue weighted by atomic mass is 9.65. The maximum atomic E-state index is 7.10. The zero-order chi connectivity index (χ0) is 49.0. The monoisotopic (exact) mass is 927 g/mol. The highest BCUT2D eigenvalue weighted by Gasteiger charge is 2.52. The molecule has 2 aliphatic carbocycles. The van der Waals surface area contributed by atoms with E-state index in [4.69, 9.17) is 4.74 Å². The minimum Gasteiger partial charge on any atom is -0.457 e. The van der Waals surface area contributed by atoms with Gasteiger partial charge in [0.05, 0.1) is 10.8 Å². The lowest BCUT2D eigenvalue weighted by Crippen LogP contribution is -2.33. The minimum absolute atomic E-state index is 0.0679. The first-order valence-corrected chi connectivity index (χ1v) is 25.5. The number of ether oxygens (including phenoxy) is 1. The topological polar surface area (TPSA) is 12.5 Å². The molecule has 2 heteroatoms. The van der Waals surface area contributed by atoms with E-state index in [1.54, 1.807) is 0 Å². The summed E-state index contributed by atoms with van der Waals surface area (Å²) in [5.74, 6) is 1.76. The maximum absolute atomic E-state index is 7.10. The molecule has 0 N–H and O–H groups in total. The molecule has 13 rings (SSSR count). The summed E-state index contributed by atoms with van der Waals surface area (Å²) in [6.07, 6.45) is 0. The van der Waals surface area contributed by atoms with Crippen LogP contribution in [0, 0.1) is 0 Å². The molecule has 1 aliphatic heterocycles. The molecule has 0 saturated heterocycles. The molecule has 0 aromatic heterocycles. The molecule has 0 saturated carbocycles. The third-order valence-corrected chi connectivity index (χ3v) is 15.9. The molecule has 0 radical (unpaired) electrons. The van der Waals surface area contributed by atoms with Crippen LogP contribution in [0.4, 0.5) is 17.1 Å². The van der Waals surface area contributed by atoms with Crippen molar-refractivity contribution in [2.24, 2.45) is 0 Å². The molecule has 3 aliphatic rings. The second kappa shape index (κ2) is 16.2. The summed E-state index contributed by atoms with van der Waals surface area (Å²) >= 11 is 0. The van der Waals surface area contributed by atoms with Crippen LogP contribution in [0.25, 0.3) is 33.4 Å². The fourth-order valence-corrected chi connectivity index (χ4v) is 12.5. The van der Waals surface area contributed by atoms with Gasteiger partial charge in [-0.15, -0.1) is 0 Å². The molecule has 0 unspecified atom stereocenters. The van der Waals surface area contributed by atoms with E-state index in [2.05, 4.69) is 283 Å². The van der Waals surface area contributed by atoms with Crippen LogP contribution in [-0.2, 0) is 21.7 Å². The van der Waals surface area contributed by atoms with E-state index >= 15 is 0 Å². The highest BCUT2D eigenvalue weighted by atomic mass is 16.5. The number of rotatable bonds is 6. The standard InChI is InChI=1S/C70H57NO/c1-67(2,3)50-32-38-56-57-39-33-51(68(4,5)6)43-62(57)70(61(56)42-50)60-28-18-19-29-65(60)72-66-41-37-54(45-64(66)70)71(52-34-30-47(31-35-52)46-20-10-7-11-21-46)53-36-40-58-55-26-16-17-27-59(55)69(63(58)44-53,48-22-12-8-13-23-48)49-24-14-9-15-25-49/h7-45H,1-6H3. The van der Waals surface area contributed by atoms with Crippen LogP contribution in [0.15, 0.2) is 237 Å². The Labute approximate surface area is 424 Å². The van der Waals surface area contributed by atoms with E-state index in [9.17, 15) is 0 Å². The Morgan fingerprint density at radius 1 is 0.306 bits per heavy atom. The van der Waals surface area contributed by atoms with Crippen molar-refractivity contribution >= 4 is 17.1 Å². The predicted octanol–water partition coefficient (Wildman–Crippen LogP) is 18.3. The molecule has 0 atom stereocenters. The zero-order valence-electron chi connectivity index (χ0n) is 41.9. The van der Waals surface area contributed by atoms with Crippen molar-refractivity contribution in [3.63, 3.8) is 0 Å². The second-order valence-corrected chi connectivity index (χ2v) is 22.1. The van der Waals surface area contributed by atoms with Crippen LogP contribution >= 0.6 is 0 Å². The van der Waals surface area contributed by atoms with Crippen LogP contribution < -0.4 is 9.64 Å². The van der Waals surface area contributed by atoms with Crippen molar-refractivity contribution in [3.05, 3.63) is 292 Å². The fraction of sp³-hybridized carbons (Fsp3) is 0.143. The normalized spacial score (nSPS) is 14.3. The van der Waals surface area contributed by atoms with E-state index in [0.29, 0.717) is 0 Å². The number of nitrogens with zero attached hydrogens (tertiary/aromatic N) is 1. The zero-order valence-corrected chi connectivity index (χ0v) is 41.9. The third kappa shape index (κ3) is 6.48. The van der Waals surface area contributed by atoms with Crippen LogP contribution in [0.2, 0.25) is 0 Å². The number of para-hydroxylation sites is 1. The average Bonchev–Trinajstić information content (AvgIpc) is 3.87. The Morgan fingerprint density at radius 3 is 1.31 bits per heavy atom. The van der Waals surface area contributed by atoms with Crippen molar-refractivity contribution in [1.82, 2.24) is 0 Å². The van der Waals surface area contributed by atoms with Gasteiger partial charge in [-0.1, -0.05) is 230 Å². The van der Waals surface area contributed by atoms with E-state index in [1.807, 2.05) is 0 Å². The van der Waals surface area contributed by atoms with Gasteiger partial charge in [0.2, 0.25) is 0 Å². The average molecular weight is 928 g/mol. The Kier molecular flexibility index (Phi) is 9.83. The highest BCUT2D eigenvalue weighted by Crippen LogP contribution is 2.64. The predicted molar refractivity (Wildman–Crippen MR) is 299 cm³/mol. The molecule has 1 heterocycles. The number of anilines is 3. The van der Waals surface area contributed by atoms with Crippen LogP contribution in [0.1, 0.15) is 97.2 Å². The van der Waals surface area contributed by atoms with Crippen LogP contribution in [0.3, 0.4) is 0 Å². The first-order valence-electron chi connectivity index (χ1n) is 25.5. The molecular formula is C70H57NO. The molecule has 10 aromatic carbocycles. The van der Waals surface area contributed by atoms with Gasteiger partial charge in [0.15, 0.2) is 0 Å². The van der Waals surface area contributed by atoms with Crippen molar-refractivity contribution in [2.45, 2.75) is 63.2 Å². The van der Waals surface area contributed by atoms with Gasteiger partial charge < -0.3 is 9.64 Å². The highest BCUT2D eigenvalue weighted by molar-refractivity contribution is 5.92. The number of fused-ring (bicyclic) bond motifs is 12. The van der Waals surface area contributed by atoms with Gasteiger partial charge >= 0.3 is 0 Å². The van der Waals surface area contributed by atoms with Crippen molar-refractivity contribution in [3.8, 4) is 44.9 Å². The summed E-state index contributed by atoms with van der Waals surface area (Å²) in [4.78, 5) is 2.47. The van der Waals surface area contributed by atoms with Crippen LogP contribution in [0.5, 0.6) is 11.5 Å². The molecule has 348 valence electrons. The van der Waals surface area contributed by atoms with Crippen LogP contribution in [-0.4, -0.2) is 0 Å². The summed E-state index contributed by atoms with van der Waals surface area (Å²) in [5.41, 5.74) is 21.8. The fourth-order valence-electron chi connectivity index (χ4n) is 12.5. The molecule has 0 bridgehead atoms. The lowest BCUT2D eigenvalue weighted by molar-refractivity contribution is 0.436. The summed E-state index contributed by atoms with van der Waals surface area (Å²) in [6.45, 7) is 13.9. The summed E-state index contributed by atoms with van der Waals surface area (Å²) in [7, 11) is 0. The number of hydrogen-bond acceptors (Lipinski definition) is 2. The largest absolute Gasteiger partial charge is 0.457 e. The molecule has 10 aromatic rings. The van der Waals surface area contributed by atoms with E-state index < -0.39 is 10.8 Å². The molecule has 0 amide bonds. The maximum Gasteiger partial charge on any atom is 0.132 e. The Balaban J connectivity index is 1.10. The van der Waals surface area contributed by atoms with E-state index in [1.165, 1.54) is 77.9 Å². The smallest absolute Gasteiger partial charge is 0.132 e. The summed E-state index contributed by atoms with van der Waals surface area (Å²) in [6, 6.07) is 88.4. The van der Waals surface area contributed by atoms with Crippen molar-refractivity contribution in [2.75, 3.05) is 4.90 Å². The Bertz CT molecular complexity index is 3620. The molecule has 0 fully saturated rings. The van der Waals surface area contributed by atoms with E-state index in [-0.39, 0.29) is 10.8 Å². The summed E-state index contributed by atoms with van der Waals surface area (Å²) < 4.78 is 7.10. The number of hydrogen-bond donors (Lipinski definition) is 0. The first-order chi connectivity index (χ1) is 35.0. The Morgan fingerprint density at radius 2 is 0.722 bits per heavy atom. The minimum atomic E-state index is -0.675. The number of benzene rings is 10. The molecular weight excluding hydrogens is 871 g/mol.